The largest absolute Gasteiger partial charge is 0.445 e. The second kappa shape index (κ2) is 8.85. The van der Waals surface area contributed by atoms with E-state index in [1.165, 1.54) is 12.1 Å². The SMILES string of the molecule is CCc1cc(=O)oc2cc(OC(=O)CNC(=O)OCc3ccccc3)ccc12. The molecule has 1 N–H and O–H groups in total. The Bertz CT molecular complexity index is 1040. The number of rotatable bonds is 6. The van der Waals surface area contributed by atoms with Crippen LogP contribution in [0.2, 0.25) is 0 Å². The molecule has 0 atom stereocenters. The van der Waals surface area contributed by atoms with Crippen LogP contribution in [0.5, 0.6) is 5.75 Å². The van der Waals surface area contributed by atoms with E-state index in [1.807, 2.05) is 37.3 Å². The average molecular weight is 381 g/mol. The van der Waals surface area contributed by atoms with Crippen LogP contribution in [0, 0.1) is 0 Å². The van der Waals surface area contributed by atoms with Crippen molar-refractivity contribution in [3.63, 3.8) is 0 Å². The molecule has 1 amide bonds. The van der Waals surface area contributed by atoms with Crippen LogP contribution < -0.4 is 15.7 Å². The Morgan fingerprint density at radius 2 is 1.86 bits per heavy atom. The Morgan fingerprint density at radius 1 is 1.07 bits per heavy atom. The molecule has 7 nitrogen and oxygen atoms in total. The van der Waals surface area contributed by atoms with E-state index >= 15 is 0 Å². The lowest BCUT2D eigenvalue weighted by atomic mass is 10.1. The first-order valence-electron chi connectivity index (χ1n) is 8.77. The zero-order valence-corrected chi connectivity index (χ0v) is 15.3. The smallest absolute Gasteiger partial charge is 0.407 e. The zero-order valence-electron chi connectivity index (χ0n) is 15.3. The third kappa shape index (κ3) is 4.97. The number of benzene rings is 2. The van der Waals surface area contributed by atoms with Gasteiger partial charge in [0.15, 0.2) is 0 Å². The van der Waals surface area contributed by atoms with E-state index in [1.54, 1.807) is 12.1 Å². The van der Waals surface area contributed by atoms with Crippen molar-refractivity contribution in [3.05, 3.63) is 76.1 Å². The molecule has 1 aromatic heterocycles. The van der Waals surface area contributed by atoms with Crippen molar-refractivity contribution in [2.45, 2.75) is 20.0 Å². The summed E-state index contributed by atoms with van der Waals surface area (Å²) in [5, 5.41) is 3.11. The van der Waals surface area contributed by atoms with Gasteiger partial charge in [-0.05, 0) is 29.7 Å². The van der Waals surface area contributed by atoms with Gasteiger partial charge in [-0.1, -0.05) is 37.3 Å². The van der Waals surface area contributed by atoms with Crippen LogP contribution in [-0.4, -0.2) is 18.6 Å². The molecule has 0 spiro atoms. The van der Waals surface area contributed by atoms with Crippen molar-refractivity contribution in [2.24, 2.45) is 0 Å². The summed E-state index contributed by atoms with van der Waals surface area (Å²) in [7, 11) is 0. The predicted molar refractivity (Wildman–Crippen MR) is 102 cm³/mol. The minimum absolute atomic E-state index is 0.102. The minimum atomic E-state index is -0.724. The van der Waals surface area contributed by atoms with Gasteiger partial charge in [-0.15, -0.1) is 0 Å². The van der Waals surface area contributed by atoms with E-state index in [0.29, 0.717) is 12.0 Å². The topological polar surface area (TPSA) is 94.8 Å². The van der Waals surface area contributed by atoms with Crippen LogP contribution >= 0.6 is 0 Å². The van der Waals surface area contributed by atoms with Crippen LogP contribution in [-0.2, 0) is 22.6 Å². The molecular weight excluding hydrogens is 362 g/mol. The summed E-state index contributed by atoms with van der Waals surface area (Å²) in [6.07, 6.45) is -0.0473. The maximum absolute atomic E-state index is 11.9. The third-order valence-corrected chi connectivity index (χ3v) is 4.00. The monoisotopic (exact) mass is 381 g/mol. The molecule has 0 aliphatic carbocycles. The van der Waals surface area contributed by atoms with Crippen molar-refractivity contribution < 1.29 is 23.5 Å². The van der Waals surface area contributed by atoms with E-state index < -0.39 is 17.7 Å². The maximum atomic E-state index is 11.9. The van der Waals surface area contributed by atoms with E-state index in [9.17, 15) is 14.4 Å². The average Bonchev–Trinajstić information content (AvgIpc) is 2.70. The van der Waals surface area contributed by atoms with Crippen LogP contribution in [0.25, 0.3) is 11.0 Å². The normalized spacial score (nSPS) is 10.5. The molecule has 0 aliphatic heterocycles. The predicted octanol–water partition coefficient (Wildman–Crippen LogP) is 3.19. The summed E-state index contributed by atoms with van der Waals surface area (Å²) in [5.41, 5.74) is 1.57. The molecule has 2 aromatic carbocycles. The highest BCUT2D eigenvalue weighted by Gasteiger charge is 2.11. The fourth-order valence-corrected chi connectivity index (χ4v) is 2.65. The van der Waals surface area contributed by atoms with Crippen molar-refractivity contribution in [1.82, 2.24) is 5.32 Å². The summed E-state index contributed by atoms with van der Waals surface area (Å²) in [6.45, 7) is 1.68. The maximum Gasteiger partial charge on any atom is 0.407 e. The van der Waals surface area contributed by atoms with E-state index in [4.69, 9.17) is 13.9 Å². The number of ether oxygens (including phenoxy) is 2. The number of carbonyl (C=O) groups is 2. The molecule has 1 heterocycles. The molecule has 28 heavy (non-hydrogen) atoms. The number of alkyl carbamates (subject to hydrolysis) is 1. The molecular formula is C21H19NO6. The zero-order chi connectivity index (χ0) is 19.9. The first-order chi connectivity index (χ1) is 13.5. The highest BCUT2D eigenvalue weighted by molar-refractivity contribution is 5.84. The number of aryl methyl sites for hydroxylation is 1. The molecule has 3 aromatic rings. The summed E-state index contributed by atoms with van der Waals surface area (Å²) in [5.74, 6) is -0.460. The van der Waals surface area contributed by atoms with Crippen LogP contribution in [0.3, 0.4) is 0 Å². The van der Waals surface area contributed by atoms with Crippen LogP contribution in [0.1, 0.15) is 18.1 Å². The van der Waals surface area contributed by atoms with Gasteiger partial charge in [-0.25, -0.2) is 14.4 Å². The Hall–Kier alpha value is -3.61. The Morgan fingerprint density at radius 3 is 2.61 bits per heavy atom. The van der Waals surface area contributed by atoms with Crippen LogP contribution in [0.4, 0.5) is 4.79 Å². The van der Waals surface area contributed by atoms with Gasteiger partial charge in [0.05, 0.1) is 0 Å². The highest BCUT2D eigenvalue weighted by Crippen LogP contribution is 2.23. The number of fused-ring (bicyclic) bond motifs is 1. The number of esters is 1. The van der Waals surface area contributed by atoms with E-state index in [-0.39, 0.29) is 18.9 Å². The number of carbonyl (C=O) groups excluding carboxylic acids is 2. The summed E-state index contributed by atoms with van der Waals surface area (Å²) < 4.78 is 15.4. The molecule has 0 aliphatic rings. The minimum Gasteiger partial charge on any atom is -0.445 e. The molecule has 0 saturated heterocycles. The molecule has 144 valence electrons. The molecule has 3 rings (SSSR count). The van der Waals surface area contributed by atoms with Gasteiger partial charge in [-0.2, -0.15) is 0 Å². The highest BCUT2D eigenvalue weighted by atomic mass is 16.6. The molecule has 0 fully saturated rings. The van der Waals surface area contributed by atoms with Gasteiger partial charge in [0.1, 0.15) is 24.5 Å². The van der Waals surface area contributed by atoms with Gasteiger partial charge in [0.25, 0.3) is 0 Å². The lowest BCUT2D eigenvalue weighted by Gasteiger charge is -2.08. The van der Waals surface area contributed by atoms with Gasteiger partial charge in [-0.3, -0.25) is 0 Å². The van der Waals surface area contributed by atoms with Crippen molar-refractivity contribution >= 4 is 23.0 Å². The summed E-state index contributed by atoms with van der Waals surface area (Å²) >= 11 is 0. The standard InChI is InChI=1S/C21H19NO6/c1-2-15-10-19(23)28-18-11-16(8-9-17(15)18)27-20(24)12-22-21(25)26-13-14-6-4-3-5-7-14/h3-11H,2,12-13H2,1H3,(H,22,25). The lowest BCUT2D eigenvalue weighted by molar-refractivity contribution is -0.133. The second-order valence-electron chi connectivity index (χ2n) is 5.99. The van der Waals surface area contributed by atoms with Gasteiger partial charge < -0.3 is 19.2 Å². The van der Waals surface area contributed by atoms with Crippen molar-refractivity contribution in [2.75, 3.05) is 6.54 Å². The Kier molecular flexibility index (Phi) is 6.06. The summed E-state index contributed by atoms with van der Waals surface area (Å²) in [4.78, 5) is 35.2. The first kappa shape index (κ1) is 19.2. The van der Waals surface area contributed by atoms with E-state index in [2.05, 4.69) is 5.32 Å². The fourth-order valence-electron chi connectivity index (χ4n) is 2.65. The number of amides is 1. The third-order valence-electron chi connectivity index (χ3n) is 4.00. The lowest BCUT2D eigenvalue weighted by Crippen LogP contribution is -2.32. The second-order valence-corrected chi connectivity index (χ2v) is 5.99. The fraction of sp³-hybridized carbons (Fsp3) is 0.190. The number of hydrogen-bond donors (Lipinski definition) is 1. The van der Waals surface area contributed by atoms with Gasteiger partial charge in [0.2, 0.25) is 0 Å². The number of hydrogen-bond acceptors (Lipinski definition) is 6. The van der Waals surface area contributed by atoms with Crippen molar-refractivity contribution in [1.29, 1.82) is 0 Å². The number of nitrogens with one attached hydrogen (secondary N) is 1. The quantitative estimate of drug-likeness (QED) is 0.400. The molecule has 0 saturated carbocycles. The molecule has 0 bridgehead atoms. The molecule has 0 radical (unpaired) electrons. The van der Waals surface area contributed by atoms with E-state index in [0.717, 1.165) is 16.5 Å². The first-order valence-corrected chi connectivity index (χ1v) is 8.77. The molecule has 0 unspecified atom stereocenters. The van der Waals surface area contributed by atoms with Gasteiger partial charge >= 0.3 is 17.7 Å². The Labute approximate surface area is 160 Å². The van der Waals surface area contributed by atoms with Crippen LogP contribution in [0.15, 0.2) is 63.8 Å². The van der Waals surface area contributed by atoms with Gasteiger partial charge in [0, 0.05) is 17.5 Å². The molecule has 7 heteroatoms. The Balaban J connectivity index is 1.54. The summed E-state index contributed by atoms with van der Waals surface area (Å²) in [6, 6.07) is 15.4. The van der Waals surface area contributed by atoms with Crippen molar-refractivity contribution in [3.8, 4) is 5.75 Å².